The van der Waals surface area contributed by atoms with Crippen LogP contribution in [0.3, 0.4) is 0 Å². The van der Waals surface area contributed by atoms with E-state index in [4.69, 9.17) is 0 Å². The van der Waals surface area contributed by atoms with Crippen LogP contribution in [0.15, 0.2) is 0 Å². The molecule has 0 bridgehead atoms. The Morgan fingerprint density at radius 3 is 2.53 bits per heavy atom. The summed E-state index contributed by atoms with van der Waals surface area (Å²) < 4.78 is 1.98. The first-order valence-electron chi connectivity index (χ1n) is 6.83. The third-order valence-electron chi connectivity index (χ3n) is 4.19. The molecule has 1 saturated carbocycles. The second-order valence-corrected chi connectivity index (χ2v) is 5.49. The number of aryl methyl sites for hydroxylation is 2. The van der Waals surface area contributed by atoms with E-state index >= 15 is 0 Å². The van der Waals surface area contributed by atoms with Crippen molar-refractivity contribution in [2.24, 2.45) is 13.0 Å². The average molecular weight is 235 g/mol. The van der Waals surface area contributed by atoms with E-state index in [1.165, 1.54) is 36.9 Å². The van der Waals surface area contributed by atoms with Crippen LogP contribution in [-0.2, 0) is 7.05 Å². The van der Waals surface area contributed by atoms with Crippen molar-refractivity contribution in [2.45, 2.75) is 52.5 Å². The Kier molecular flexibility index (Phi) is 3.87. The van der Waals surface area contributed by atoms with E-state index in [0.29, 0.717) is 6.04 Å². The van der Waals surface area contributed by atoms with Gasteiger partial charge in [0.15, 0.2) is 0 Å². The zero-order valence-electron chi connectivity index (χ0n) is 11.6. The number of rotatable bonds is 4. The number of nitrogens with zero attached hydrogens (tertiary/aromatic N) is 2. The maximum Gasteiger partial charge on any atom is 0.0644 e. The molecule has 0 aromatic carbocycles. The zero-order chi connectivity index (χ0) is 12.4. The molecule has 0 aliphatic heterocycles. The van der Waals surface area contributed by atoms with Crippen molar-refractivity contribution < 1.29 is 0 Å². The molecule has 1 atom stereocenters. The summed E-state index contributed by atoms with van der Waals surface area (Å²) in [6.45, 7) is 7.68. The maximum absolute atomic E-state index is 4.49. The molecule has 1 N–H and O–H groups in total. The molecule has 17 heavy (non-hydrogen) atoms. The summed E-state index contributed by atoms with van der Waals surface area (Å²) in [5.74, 6) is 0.898. The fourth-order valence-electron chi connectivity index (χ4n) is 3.08. The van der Waals surface area contributed by atoms with Crippen LogP contribution in [0.1, 0.15) is 55.6 Å². The lowest BCUT2D eigenvalue weighted by Crippen LogP contribution is -2.25. The van der Waals surface area contributed by atoms with E-state index in [0.717, 1.165) is 18.2 Å². The Hall–Kier alpha value is -0.830. The van der Waals surface area contributed by atoms with E-state index < -0.39 is 0 Å². The van der Waals surface area contributed by atoms with Gasteiger partial charge in [0.05, 0.1) is 5.69 Å². The molecule has 2 rings (SSSR count). The summed E-state index contributed by atoms with van der Waals surface area (Å²) in [7, 11) is 2.02. The third kappa shape index (κ3) is 2.71. The molecule has 3 nitrogen and oxygen atoms in total. The van der Waals surface area contributed by atoms with Gasteiger partial charge in [-0.1, -0.05) is 12.8 Å². The Balaban J connectivity index is 1.96. The van der Waals surface area contributed by atoms with Crippen molar-refractivity contribution in [1.29, 1.82) is 0 Å². The van der Waals surface area contributed by atoms with Gasteiger partial charge < -0.3 is 5.32 Å². The molecule has 0 amide bonds. The van der Waals surface area contributed by atoms with E-state index in [-0.39, 0.29) is 0 Å². The highest BCUT2D eigenvalue weighted by molar-refractivity contribution is 5.27. The average Bonchev–Trinajstić information content (AvgIpc) is 2.86. The molecule has 0 spiro atoms. The Morgan fingerprint density at radius 1 is 1.35 bits per heavy atom. The summed E-state index contributed by atoms with van der Waals surface area (Å²) >= 11 is 0. The lowest BCUT2D eigenvalue weighted by molar-refractivity contribution is 0.451. The number of hydrogen-bond acceptors (Lipinski definition) is 2. The Bertz CT molecular complexity index is 375. The molecule has 0 radical (unpaired) electrons. The second-order valence-electron chi connectivity index (χ2n) is 5.49. The molecule has 1 heterocycles. The Labute approximate surface area is 105 Å². The van der Waals surface area contributed by atoms with E-state index in [1.54, 1.807) is 0 Å². The van der Waals surface area contributed by atoms with Gasteiger partial charge in [0.1, 0.15) is 0 Å². The highest BCUT2D eigenvalue weighted by Gasteiger charge is 2.19. The summed E-state index contributed by atoms with van der Waals surface area (Å²) in [5, 5.41) is 8.17. The first-order valence-corrected chi connectivity index (χ1v) is 6.83. The number of aromatic nitrogens is 2. The van der Waals surface area contributed by atoms with Gasteiger partial charge in [0, 0.05) is 24.3 Å². The van der Waals surface area contributed by atoms with Crippen molar-refractivity contribution in [3.8, 4) is 0 Å². The number of hydrogen-bond donors (Lipinski definition) is 1. The van der Waals surface area contributed by atoms with E-state index in [9.17, 15) is 0 Å². The standard InChI is InChI=1S/C14H25N3/c1-10(15-9-13-7-5-6-8-13)14-11(2)16-17(4)12(14)3/h10,13,15H,5-9H2,1-4H3. The lowest BCUT2D eigenvalue weighted by atomic mass is 10.0. The van der Waals surface area contributed by atoms with Gasteiger partial charge >= 0.3 is 0 Å². The van der Waals surface area contributed by atoms with Crippen molar-refractivity contribution in [3.63, 3.8) is 0 Å². The molecular weight excluding hydrogens is 210 g/mol. The summed E-state index contributed by atoms with van der Waals surface area (Å²) in [6.07, 6.45) is 5.66. The predicted octanol–water partition coefficient (Wildman–Crippen LogP) is 2.88. The minimum Gasteiger partial charge on any atom is -0.310 e. The summed E-state index contributed by atoms with van der Waals surface area (Å²) in [6, 6.07) is 0.421. The molecule has 1 unspecified atom stereocenters. The molecule has 0 saturated heterocycles. The van der Waals surface area contributed by atoms with Crippen LogP contribution in [0.5, 0.6) is 0 Å². The topological polar surface area (TPSA) is 29.9 Å². The van der Waals surface area contributed by atoms with Gasteiger partial charge in [0.2, 0.25) is 0 Å². The number of nitrogens with one attached hydrogen (secondary N) is 1. The van der Waals surface area contributed by atoms with Crippen LogP contribution in [0, 0.1) is 19.8 Å². The fourth-order valence-corrected chi connectivity index (χ4v) is 3.08. The fraction of sp³-hybridized carbons (Fsp3) is 0.786. The minimum atomic E-state index is 0.421. The Morgan fingerprint density at radius 2 is 2.00 bits per heavy atom. The van der Waals surface area contributed by atoms with Gasteiger partial charge in [-0.2, -0.15) is 5.10 Å². The van der Waals surface area contributed by atoms with Crippen molar-refractivity contribution in [3.05, 3.63) is 17.0 Å². The second kappa shape index (κ2) is 5.21. The van der Waals surface area contributed by atoms with Crippen LogP contribution in [0.4, 0.5) is 0 Å². The minimum absolute atomic E-state index is 0.421. The zero-order valence-corrected chi connectivity index (χ0v) is 11.6. The van der Waals surface area contributed by atoms with Gasteiger partial charge in [-0.15, -0.1) is 0 Å². The van der Waals surface area contributed by atoms with Gasteiger partial charge in [-0.3, -0.25) is 4.68 Å². The van der Waals surface area contributed by atoms with Gasteiger partial charge in [-0.25, -0.2) is 0 Å². The largest absolute Gasteiger partial charge is 0.310 e. The molecular formula is C14H25N3. The van der Waals surface area contributed by atoms with Crippen LogP contribution in [0.2, 0.25) is 0 Å². The molecule has 1 fully saturated rings. The van der Waals surface area contributed by atoms with Crippen molar-refractivity contribution in [1.82, 2.24) is 15.1 Å². The predicted molar refractivity (Wildman–Crippen MR) is 71.1 cm³/mol. The first kappa shape index (κ1) is 12.6. The summed E-state index contributed by atoms with van der Waals surface area (Å²) in [5.41, 5.74) is 3.83. The van der Waals surface area contributed by atoms with Gasteiger partial charge in [0.25, 0.3) is 0 Å². The van der Waals surface area contributed by atoms with Crippen LogP contribution < -0.4 is 5.32 Å². The van der Waals surface area contributed by atoms with E-state index in [2.05, 4.69) is 31.2 Å². The first-order chi connectivity index (χ1) is 8.09. The monoisotopic (exact) mass is 235 g/mol. The highest BCUT2D eigenvalue weighted by Crippen LogP contribution is 2.26. The van der Waals surface area contributed by atoms with Crippen molar-refractivity contribution in [2.75, 3.05) is 6.54 Å². The normalized spacial score (nSPS) is 18.8. The molecule has 1 aliphatic rings. The van der Waals surface area contributed by atoms with Crippen LogP contribution >= 0.6 is 0 Å². The smallest absolute Gasteiger partial charge is 0.0644 e. The quantitative estimate of drug-likeness (QED) is 0.869. The van der Waals surface area contributed by atoms with Crippen LogP contribution in [-0.4, -0.2) is 16.3 Å². The molecule has 3 heteroatoms. The van der Waals surface area contributed by atoms with Crippen molar-refractivity contribution >= 4 is 0 Å². The van der Waals surface area contributed by atoms with Gasteiger partial charge in [-0.05, 0) is 46.1 Å². The molecule has 96 valence electrons. The third-order valence-corrected chi connectivity index (χ3v) is 4.19. The van der Waals surface area contributed by atoms with E-state index in [1.807, 2.05) is 11.7 Å². The maximum atomic E-state index is 4.49. The molecule has 1 aromatic rings. The highest BCUT2D eigenvalue weighted by atomic mass is 15.3. The van der Waals surface area contributed by atoms with Crippen LogP contribution in [0.25, 0.3) is 0 Å². The SMILES string of the molecule is Cc1nn(C)c(C)c1C(C)NCC1CCCC1. The summed E-state index contributed by atoms with van der Waals surface area (Å²) in [4.78, 5) is 0. The molecule has 1 aliphatic carbocycles. The molecule has 1 aromatic heterocycles. The lowest BCUT2D eigenvalue weighted by Gasteiger charge is -2.17.